The van der Waals surface area contributed by atoms with Crippen LogP contribution < -0.4 is 5.32 Å². The van der Waals surface area contributed by atoms with Crippen LogP contribution in [0.2, 0.25) is 0 Å². The first-order chi connectivity index (χ1) is 13.2. The summed E-state index contributed by atoms with van der Waals surface area (Å²) in [5, 5.41) is 12.1. The molecule has 2 N–H and O–H groups in total. The van der Waals surface area contributed by atoms with Crippen LogP contribution in [0.4, 0.5) is 0 Å². The van der Waals surface area contributed by atoms with Gasteiger partial charge in [0, 0.05) is 12.4 Å². The molecule has 4 heteroatoms. The maximum atomic E-state index is 10.6. The Morgan fingerprint density at radius 1 is 0.852 bits per heavy atom. The fraction of sp³-hybridized carbons (Fsp3) is 0.217. The Morgan fingerprint density at radius 3 is 2.04 bits per heavy atom. The highest BCUT2D eigenvalue weighted by Gasteiger charge is 2.13. The van der Waals surface area contributed by atoms with Crippen LogP contribution >= 0.6 is 0 Å². The van der Waals surface area contributed by atoms with Gasteiger partial charge in [0.2, 0.25) is 0 Å². The fourth-order valence-electron chi connectivity index (χ4n) is 3.23. The van der Waals surface area contributed by atoms with Gasteiger partial charge in [0.05, 0.1) is 5.56 Å². The minimum Gasteiger partial charge on any atom is -0.478 e. The van der Waals surface area contributed by atoms with Crippen LogP contribution in [-0.2, 0) is 0 Å². The lowest BCUT2D eigenvalue weighted by Gasteiger charge is -2.22. The van der Waals surface area contributed by atoms with Crippen LogP contribution in [0.25, 0.3) is 11.1 Å². The van der Waals surface area contributed by atoms with Gasteiger partial charge in [-0.3, -0.25) is 4.98 Å². The topological polar surface area (TPSA) is 62.2 Å². The molecular formula is C23H24N2O2. The second-order valence-electron chi connectivity index (χ2n) is 6.55. The number of hydrogen-bond acceptors (Lipinski definition) is 3. The van der Waals surface area contributed by atoms with E-state index in [4.69, 9.17) is 5.11 Å². The number of nitrogens with zero attached hydrogens (tertiary/aromatic N) is 1. The first-order valence-corrected chi connectivity index (χ1v) is 9.23. The molecular weight excluding hydrogens is 336 g/mol. The molecule has 0 bridgehead atoms. The molecule has 0 atom stereocenters. The van der Waals surface area contributed by atoms with Crippen molar-refractivity contribution in [3.8, 4) is 11.1 Å². The van der Waals surface area contributed by atoms with Crippen molar-refractivity contribution in [2.45, 2.75) is 18.8 Å². The first kappa shape index (κ1) is 18.8. The van der Waals surface area contributed by atoms with Crippen molar-refractivity contribution < 1.29 is 9.90 Å². The third kappa shape index (κ3) is 5.50. The van der Waals surface area contributed by atoms with E-state index in [1.807, 2.05) is 12.1 Å². The summed E-state index contributed by atoms with van der Waals surface area (Å²) in [5.41, 5.74) is 3.83. The SMILES string of the molecule is O=C(O)c1ccc(-c2ccncc2)cc1.c1ccc(C2CCNCC2)cc1. The van der Waals surface area contributed by atoms with E-state index < -0.39 is 5.97 Å². The third-order valence-electron chi connectivity index (χ3n) is 4.76. The van der Waals surface area contributed by atoms with Crippen molar-refractivity contribution >= 4 is 5.97 Å². The minimum atomic E-state index is -0.906. The molecule has 4 rings (SSSR count). The largest absolute Gasteiger partial charge is 0.478 e. The molecule has 1 aliphatic heterocycles. The predicted octanol–water partition coefficient (Wildman–Crippen LogP) is 4.60. The van der Waals surface area contributed by atoms with Gasteiger partial charge in [-0.05, 0) is 72.8 Å². The van der Waals surface area contributed by atoms with Crippen molar-refractivity contribution in [1.82, 2.24) is 10.3 Å². The molecule has 2 aromatic carbocycles. The van der Waals surface area contributed by atoms with Crippen molar-refractivity contribution in [2.24, 2.45) is 0 Å². The van der Waals surface area contributed by atoms with E-state index in [1.54, 1.807) is 36.7 Å². The zero-order valence-electron chi connectivity index (χ0n) is 15.2. The molecule has 0 spiro atoms. The maximum Gasteiger partial charge on any atom is 0.335 e. The van der Waals surface area contributed by atoms with E-state index in [2.05, 4.69) is 40.6 Å². The normalized spacial score (nSPS) is 14.1. The number of pyridine rings is 1. The van der Waals surface area contributed by atoms with Gasteiger partial charge in [-0.15, -0.1) is 0 Å². The second-order valence-corrected chi connectivity index (χ2v) is 6.55. The number of hydrogen-bond donors (Lipinski definition) is 2. The van der Waals surface area contributed by atoms with E-state index in [1.165, 1.54) is 31.5 Å². The Balaban J connectivity index is 0.000000159. The second kappa shape index (κ2) is 9.64. The number of piperidine rings is 1. The Hall–Kier alpha value is -2.98. The number of rotatable bonds is 3. The molecule has 4 nitrogen and oxygen atoms in total. The molecule has 0 aliphatic carbocycles. The smallest absolute Gasteiger partial charge is 0.335 e. The minimum absolute atomic E-state index is 0.299. The third-order valence-corrected chi connectivity index (χ3v) is 4.76. The quantitative estimate of drug-likeness (QED) is 0.716. The van der Waals surface area contributed by atoms with Gasteiger partial charge in [0.15, 0.2) is 0 Å². The van der Waals surface area contributed by atoms with E-state index in [-0.39, 0.29) is 0 Å². The summed E-state index contributed by atoms with van der Waals surface area (Å²) >= 11 is 0. The van der Waals surface area contributed by atoms with Gasteiger partial charge in [0.25, 0.3) is 0 Å². The average molecular weight is 360 g/mol. The molecule has 0 radical (unpaired) electrons. The van der Waals surface area contributed by atoms with Gasteiger partial charge in [-0.25, -0.2) is 4.79 Å². The highest BCUT2D eigenvalue weighted by Crippen LogP contribution is 2.24. The van der Waals surface area contributed by atoms with Crippen LogP contribution in [0.5, 0.6) is 0 Å². The lowest BCUT2D eigenvalue weighted by atomic mass is 9.90. The summed E-state index contributed by atoms with van der Waals surface area (Å²) in [4.78, 5) is 14.6. The summed E-state index contributed by atoms with van der Waals surface area (Å²) in [7, 11) is 0. The van der Waals surface area contributed by atoms with Crippen LogP contribution in [0.3, 0.4) is 0 Å². The number of carboxylic acid groups (broad SMARTS) is 1. The summed E-state index contributed by atoms with van der Waals surface area (Å²) < 4.78 is 0. The Kier molecular flexibility index (Phi) is 6.72. The van der Waals surface area contributed by atoms with Crippen molar-refractivity contribution in [1.29, 1.82) is 0 Å². The summed E-state index contributed by atoms with van der Waals surface area (Å²) in [5.74, 6) is -0.108. The highest BCUT2D eigenvalue weighted by atomic mass is 16.4. The molecule has 27 heavy (non-hydrogen) atoms. The summed E-state index contributed by atoms with van der Waals surface area (Å²) in [6.07, 6.45) is 6.01. The zero-order chi connectivity index (χ0) is 18.9. The number of carbonyl (C=O) groups is 1. The monoisotopic (exact) mass is 360 g/mol. The first-order valence-electron chi connectivity index (χ1n) is 9.23. The van der Waals surface area contributed by atoms with Crippen molar-refractivity contribution in [3.63, 3.8) is 0 Å². The standard InChI is InChI=1S/C12H9NO2.C11H15N/c14-12(15)11-3-1-9(2-4-11)10-5-7-13-8-6-10;1-2-4-10(5-3-1)11-6-8-12-9-7-11/h1-8H,(H,14,15);1-5,11-12H,6-9H2. The number of benzene rings is 2. The molecule has 1 fully saturated rings. The Morgan fingerprint density at radius 2 is 1.44 bits per heavy atom. The van der Waals surface area contributed by atoms with Gasteiger partial charge >= 0.3 is 5.97 Å². The van der Waals surface area contributed by atoms with Gasteiger partial charge in [-0.1, -0.05) is 42.5 Å². The predicted molar refractivity (Wildman–Crippen MR) is 108 cm³/mol. The number of aromatic nitrogens is 1. The van der Waals surface area contributed by atoms with E-state index in [0.717, 1.165) is 17.0 Å². The summed E-state index contributed by atoms with van der Waals surface area (Å²) in [6, 6.07) is 21.4. The molecule has 138 valence electrons. The van der Waals surface area contributed by atoms with Crippen LogP contribution in [0.15, 0.2) is 79.1 Å². The molecule has 0 saturated carbocycles. The Labute approximate surface area is 159 Å². The Bertz CT molecular complexity index is 827. The zero-order valence-corrected chi connectivity index (χ0v) is 15.2. The van der Waals surface area contributed by atoms with E-state index >= 15 is 0 Å². The molecule has 2 heterocycles. The number of aromatic carboxylic acids is 1. The van der Waals surface area contributed by atoms with Crippen LogP contribution in [0.1, 0.15) is 34.7 Å². The highest BCUT2D eigenvalue weighted by molar-refractivity contribution is 5.88. The van der Waals surface area contributed by atoms with Crippen molar-refractivity contribution in [2.75, 3.05) is 13.1 Å². The molecule has 1 aliphatic rings. The fourth-order valence-corrected chi connectivity index (χ4v) is 3.23. The van der Waals surface area contributed by atoms with Crippen molar-refractivity contribution in [3.05, 3.63) is 90.3 Å². The number of carboxylic acids is 1. The molecule has 0 amide bonds. The molecule has 0 unspecified atom stereocenters. The lowest BCUT2D eigenvalue weighted by Crippen LogP contribution is -2.26. The average Bonchev–Trinajstić information content (AvgIpc) is 2.76. The maximum absolute atomic E-state index is 10.6. The van der Waals surface area contributed by atoms with E-state index in [9.17, 15) is 4.79 Å². The van der Waals surface area contributed by atoms with Gasteiger partial charge in [-0.2, -0.15) is 0 Å². The lowest BCUT2D eigenvalue weighted by molar-refractivity contribution is 0.0697. The van der Waals surface area contributed by atoms with Crippen LogP contribution in [-0.4, -0.2) is 29.1 Å². The van der Waals surface area contributed by atoms with Crippen LogP contribution in [0, 0.1) is 0 Å². The number of nitrogens with one attached hydrogen (secondary N) is 1. The van der Waals surface area contributed by atoms with Gasteiger partial charge < -0.3 is 10.4 Å². The molecule has 1 saturated heterocycles. The van der Waals surface area contributed by atoms with Gasteiger partial charge in [0.1, 0.15) is 0 Å². The summed E-state index contributed by atoms with van der Waals surface area (Å²) in [6.45, 7) is 2.36. The molecule has 1 aromatic heterocycles. The van der Waals surface area contributed by atoms with E-state index in [0.29, 0.717) is 5.56 Å². The molecule has 3 aromatic rings.